The lowest BCUT2D eigenvalue weighted by Crippen LogP contribution is -2.38. The smallest absolute Gasteiger partial charge is 0.319 e. The van der Waals surface area contributed by atoms with Crippen LogP contribution in [0.5, 0.6) is 5.75 Å². The molecule has 1 aliphatic carbocycles. The Balaban J connectivity index is 1.35. The topological polar surface area (TPSA) is 62.8 Å². The number of benzene rings is 2. The maximum atomic E-state index is 12.6. The second-order valence-corrected chi connectivity index (χ2v) is 9.92. The van der Waals surface area contributed by atoms with E-state index in [2.05, 4.69) is 36.3 Å². The number of nitrogens with zero attached hydrogens (tertiary/aromatic N) is 1. The van der Waals surface area contributed by atoms with Gasteiger partial charge in [-0.05, 0) is 36.3 Å². The van der Waals surface area contributed by atoms with Gasteiger partial charge in [0.15, 0.2) is 0 Å². The highest BCUT2D eigenvalue weighted by Crippen LogP contribution is 2.40. The number of carbonyl (C=O) groups is 1. The Labute approximate surface area is 185 Å². The third-order valence-corrected chi connectivity index (χ3v) is 6.01. The average Bonchev–Trinajstić information content (AvgIpc) is 3.45. The molecule has 31 heavy (non-hydrogen) atoms. The van der Waals surface area contributed by atoms with Gasteiger partial charge in [-0.1, -0.05) is 45.0 Å². The molecule has 1 saturated carbocycles. The third-order valence-electron chi connectivity index (χ3n) is 6.01. The first-order valence-corrected chi connectivity index (χ1v) is 11.4. The molecule has 0 aromatic heterocycles. The summed E-state index contributed by atoms with van der Waals surface area (Å²) < 4.78 is 11.5. The van der Waals surface area contributed by atoms with E-state index in [-0.39, 0.29) is 12.1 Å². The maximum Gasteiger partial charge on any atom is 0.319 e. The largest absolute Gasteiger partial charge is 0.492 e. The van der Waals surface area contributed by atoms with Gasteiger partial charge < -0.3 is 20.1 Å². The summed E-state index contributed by atoms with van der Waals surface area (Å²) in [5.41, 5.74) is 1.10. The van der Waals surface area contributed by atoms with E-state index in [4.69, 9.17) is 9.47 Å². The van der Waals surface area contributed by atoms with Gasteiger partial charge in [-0.25, -0.2) is 4.79 Å². The Hall–Kier alpha value is -2.31. The van der Waals surface area contributed by atoms with Crippen molar-refractivity contribution < 1.29 is 14.3 Å². The van der Waals surface area contributed by atoms with Crippen LogP contribution in [0.15, 0.2) is 36.4 Å². The predicted molar refractivity (Wildman–Crippen MR) is 125 cm³/mol. The van der Waals surface area contributed by atoms with E-state index in [0.29, 0.717) is 17.9 Å². The van der Waals surface area contributed by atoms with Crippen LogP contribution in [0, 0.1) is 11.3 Å². The van der Waals surface area contributed by atoms with Crippen molar-refractivity contribution in [2.24, 2.45) is 11.3 Å². The van der Waals surface area contributed by atoms with Gasteiger partial charge in [0, 0.05) is 36.4 Å². The molecule has 2 unspecified atom stereocenters. The number of rotatable bonds is 7. The molecule has 2 fully saturated rings. The minimum atomic E-state index is -0.132. The Kier molecular flexibility index (Phi) is 6.68. The van der Waals surface area contributed by atoms with Crippen LogP contribution in [0.4, 0.5) is 10.5 Å². The molecule has 2 N–H and O–H groups in total. The van der Waals surface area contributed by atoms with E-state index in [9.17, 15) is 4.79 Å². The molecule has 2 atom stereocenters. The van der Waals surface area contributed by atoms with Crippen molar-refractivity contribution in [2.45, 2.75) is 39.7 Å². The normalized spacial score (nSPS) is 21.6. The molecule has 0 spiro atoms. The van der Waals surface area contributed by atoms with Crippen LogP contribution in [-0.4, -0.2) is 56.4 Å². The lowest BCUT2D eigenvalue weighted by molar-refractivity contribution is 0.0323. The predicted octanol–water partition coefficient (Wildman–Crippen LogP) is 4.50. The van der Waals surface area contributed by atoms with E-state index in [1.807, 2.05) is 36.4 Å². The minimum Gasteiger partial charge on any atom is -0.492 e. The molecule has 6 heteroatoms. The zero-order valence-corrected chi connectivity index (χ0v) is 18.9. The number of nitrogens with one attached hydrogen (secondary N) is 2. The summed E-state index contributed by atoms with van der Waals surface area (Å²) in [6, 6.07) is 12.1. The van der Waals surface area contributed by atoms with Crippen molar-refractivity contribution >= 4 is 22.5 Å². The highest BCUT2D eigenvalue weighted by atomic mass is 16.5. The number of fused-ring (bicyclic) bond motifs is 1. The summed E-state index contributed by atoms with van der Waals surface area (Å²) in [4.78, 5) is 14.9. The second kappa shape index (κ2) is 9.45. The summed E-state index contributed by atoms with van der Waals surface area (Å²) in [5, 5.41) is 8.18. The van der Waals surface area contributed by atoms with Crippen LogP contribution in [-0.2, 0) is 4.74 Å². The Morgan fingerprint density at radius 3 is 2.61 bits per heavy atom. The monoisotopic (exact) mass is 425 g/mol. The van der Waals surface area contributed by atoms with Crippen molar-refractivity contribution in [1.29, 1.82) is 0 Å². The summed E-state index contributed by atoms with van der Waals surface area (Å²) in [6.07, 6.45) is 2.21. The van der Waals surface area contributed by atoms with Gasteiger partial charge >= 0.3 is 6.03 Å². The van der Waals surface area contributed by atoms with Crippen LogP contribution in [0.25, 0.3) is 10.8 Å². The highest BCUT2D eigenvalue weighted by molar-refractivity contribution is 6.03. The number of hydrogen-bond donors (Lipinski definition) is 2. The van der Waals surface area contributed by atoms with E-state index >= 15 is 0 Å². The fourth-order valence-electron chi connectivity index (χ4n) is 4.38. The first-order valence-electron chi connectivity index (χ1n) is 11.4. The van der Waals surface area contributed by atoms with Gasteiger partial charge in [-0.2, -0.15) is 0 Å². The molecule has 4 rings (SSSR count). The van der Waals surface area contributed by atoms with E-state index in [1.54, 1.807) is 0 Å². The number of anilines is 1. The molecule has 2 aromatic rings. The lowest BCUT2D eigenvalue weighted by Gasteiger charge is -2.26. The van der Waals surface area contributed by atoms with Crippen molar-refractivity contribution in [3.63, 3.8) is 0 Å². The van der Waals surface area contributed by atoms with E-state index in [1.165, 1.54) is 0 Å². The number of amides is 2. The SMILES string of the molecule is CC(C)(C)CC1CC1NC(=O)Nc1ccc(OCCN2CCOCC2)c2ccccc12. The Morgan fingerprint density at radius 2 is 1.87 bits per heavy atom. The van der Waals surface area contributed by atoms with Crippen LogP contribution in [0.1, 0.15) is 33.6 Å². The summed E-state index contributed by atoms with van der Waals surface area (Å²) in [7, 11) is 0. The molecule has 1 saturated heterocycles. The van der Waals surface area contributed by atoms with Gasteiger partial charge in [0.2, 0.25) is 0 Å². The Bertz CT molecular complexity index is 903. The number of morpholine rings is 1. The molecule has 0 bridgehead atoms. The Morgan fingerprint density at radius 1 is 1.13 bits per heavy atom. The zero-order chi connectivity index (χ0) is 21.8. The van der Waals surface area contributed by atoms with Crippen molar-refractivity contribution in [3.8, 4) is 5.75 Å². The van der Waals surface area contributed by atoms with Crippen LogP contribution < -0.4 is 15.4 Å². The number of urea groups is 1. The molecule has 168 valence electrons. The first kappa shape index (κ1) is 21.9. The first-order chi connectivity index (χ1) is 14.9. The summed E-state index contributed by atoms with van der Waals surface area (Å²) in [6.45, 7) is 11.8. The number of carbonyl (C=O) groups excluding carboxylic acids is 1. The van der Waals surface area contributed by atoms with Gasteiger partial charge in [-0.15, -0.1) is 0 Å². The fraction of sp³-hybridized carbons (Fsp3) is 0.560. The van der Waals surface area contributed by atoms with Gasteiger partial charge in [0.1, 0.15) is 12.4 Å². The standard InChI is InChI=1S/C25H35N3O3/c1-25(2,3)17-18-16-22(18)27-24(29)26-21-8-9-23(20-7-5-4-6-19(20)21)31-15-12-28-10-13-30-14-11-28/h4-9,18,22H,10-17H2,1-3H3,(H2,26,27,29). The van der Waals surface area contributed by atoms with Crippen LogP contribution in [0.2, 0.25) is 0 Å². The highest BCUT2D eigenvalue weighted by Gasteiger charge is 2.40. The summed E-state index contributed by atoms with van der Waals surface area (Å²) >= 11 is 0. The molecule has 1 heterocycles. The molecular formula is C25H35N3O3. The zero-order valence-electron chi connectivity index (χ0n) is 18.9. The molecule has 1 aliphatic heterocycles. The molecule has 0 radical (unpaired) electrons. The van der Waals surface area contributed by atoms with Crippen molar-refractivity contribution in [3.05, 3.63) is 36.4 Å². The van der Waals surface area contributed by atoms with Crippen molar-refractivity contribution in [1.82, 2.24) is 10.2 Å². The molecule has 2 aromatic carbocycles. The maximum absolute atomic E-state index is 12.6. The average molecular weight is 426 g/mol. The second-order valence-electron chi connectivity index (χ2n) is 9.92. The third kappa shape index (κ3) is 6.11. The molecule has 2 amide bonds. The number of hydrogen-bond acceptors (Lipinski definition) is 4. The number of ether oxygens (including phenoxy) is 2. The van der Waals surface area contributed by atoms with Crippen molar-refractivity contribution in [2.75, 3.05) is 44.8 Å². The van der Waals surface area contributed by atoms with Gasteiger partial charge in [-0.3, -0.25) is 4.90 Å². The van der Waals surface area contributed by atoms with Gasteiger partial charge in [0.05, 0.1) is 18.9 Å². The molecule has 2 aliphatic rings. The van der Waals surface area contributed by atoms with E-state index < -0.39 is 0 Å². The molecule has 6 nitrogen and oxygen atoms in total. The lowest BCUT2D eigenvalue weighted by atomic mass is 9.89. The fourth-order valence-corrected chi connectivity index (χ4v) is 4.38. The minimum absolute atomic E-state index is 0.132. The molecular weight excluding hydrogens is 390 g/mol. The van der Waals surface area contributed by atoms with Crippen LogP contribution >= 0.6 is 0 Å². The van der Waals surface area contributed by atoms with Gasteiger partial charge in [0.25, 0.3) is 0 Å². The van der Waals surface area contributed by atoms with E-state index in [0.717, 1.165) is 67.9 Å². The van der Waals surface area contributed by atoms with Crippen LogP contribution in [0.3, 0.4) is 0 Å². The summed E-state index contributed by atoms with van der Waals surface area (Å²) in [5.74, 6) is 1.44. The quantitative estimate of drug-likeness (QED) is 0.686.